The molecule has 1 aliphatic heterocycles. The summed E-state index contributed by atoms with van der Waals surface area (Å²) in [6, 6.07) is 0. The van der Waals surface area contributed by atoms with E-state index < -0.39 is 0 Å². The first-order valence-electron chi connectivity index (χ1n) is 4.61. The molecule has 1 atom stereocenters. The topological polar surface area (TPSA) is 24.8 Å². The number of nitrogens with zero attached hydrogens (tertiary/aromatic N) is 2. The molecule has 0 aromatic heterocycles. The van der Waals surface area contributed by atoms with Crippen molar-refractivity contribution in [1.29, 1.82) is 0 Å². The first-order valence-corrected chi connectivity index (χ1v) is 4.61. The number of rotatable bonds is 2. The Kier molecular flexibility index (Phi) is 3.53. The Balaban J connectivity index is 2.44. The van der Waals surface area contributed by atoms with E-state index in [2.05, 4.69) is 18.9 Å². The van der Waals surface area contributed by atoms with Crippen LogP contribution in [0.3, 0.4) is 0 Å². The van der Waals surface area contributed by atoms with Gasteiger partial charge in [0.2, 0.25) is 0 Å². The van der Waals surface area contributed by atoms with Crippen LogP contribution in [-0.2, 0) is 4.74 Å². The largest absolute Gasteiger partial charge is 0.378 e. The zero-order valence-electron chi connectivity index (χ0n) is 8.21. The Hall–Kier alpha value is -0.570. The SMILES string of the molecule is CCN(C)/N=C1\CCOC(C)C1. The standard InChI is InChI=1S/C9H18N2O/c1-4-11(3)10-9-5-6-12-8(2)7-9/h8H,4-7H2,1-3H3/b10-9+. The van der Waals surface area contributed by atoms with Gasteiger partial charge >= 0.3 is 0 Å². The third-order valence-electron chi connectivity index (χ3n) is 2.09. The van der Waals surface area contributed by atoms with Gasteiger partial charge in [-0.1, -0.05) is 0 Å². The van der Waals surface area contributed by atoms with Gasteiger partial charge in [0.1, 0.15) is 0 Å². The van der Waals surface area contributed by atoms with Crippen molar-refractivity contribution in [3.05, 3.63) is 0 Å². The molecule has 1 fully saturated rings. The van der Waals surface area contributed by atoms with Crippen LogP contribution in [0.5, 0.6) is 0 Å². The molecule has 3 nitrogen and oxygen atoms in total. The minimum absolute atomic E-state index is 0.350. The fourth-order valence-corrected chi connectivity index (χ4v) is 1.27. The maximum Gasteiger partial charge on any atom is 0.0599 e. The van der Waals surface area contributed by atoms with Crippen molar-refractivity contribution in [3.63, 3.8) is 0 Å². The van der Waals surface area contributed by atoms with Gasteiger partial charge in [-0.2, -0.15) is 5.10 Å². The Labute approximate surface area is 74.4 Å². The second kappa shape index (κ2) is 4.45. The lowest BCUT2D eigenvalue weighted by Crippen LogP contribution is -2.25. The van der Waals surface area contributed by atoms with Crippen LogP contribution in [0.25, 0.3) is 0 Å². The molecule has 12 heavy (non-hydrogen) atoms. The molecule has 0 N–H and O–H groups in total. The van der Waals surface area contributed by atoms with Gasteiger partial charge in [-0.15, -0.1) is 0 Å². The van der Waals surface area contributed by atoms with Crippen molar-refractivity contribution in [2.45, 2.75) is 32.8 Å². The molecule has 0 aromatic carbocycles. The van der Waals surface area contributed by atoms with E-state index in [4.69, 9.17) is 4.74 Å². The third kappa shape index (κ3) is 2.81. The number of hydrogen-bond donors (Lipinski definition) is 0. The second-order valence-electron chi connectivity index (χ2n) is 3.28. The second-order valence-corrected chi connectivity index (χ2v) is 3.28. The van der Waals surface area contributed by atoms with Crippen molar-refractivity contribution >= 4 is 5.71 Å². The highest BCUT2D eigenvalue weighted by Gasteiger charge is 2.14. The Morgan fingerprint density at radius 1 is 1.67 bits per heavy atom. The van der Waals surface area contributed by atoms with E-state index in [1.54, 1.807) is 0 Å². The molecule has 1 aliphatic rings. The molecule has 1 rings (SSSR count). The molecule has 0 spiro atoms. The minimum atomic E-state index is 0.350. The molecule has 1 saturated heterocycles. The Morgan fingerprint density at radius 3 is 3.00 bits per heavy atom. The molecular formula is C9H18N2O. The summed E-state index contributed by atoms with van der Waals surface area (Å²) < 4.78 is 5.42. The van der Waals surface area contributed by atoms with Gasteiger partial charge in [0.25, 0.3) is 0 Å². The Morgan fingerprint density at radius 2 is 2.42 bits per heavy atom. The molecule has 1 heterocycles. The van der Waals surface area contributed by atoms with Gasteiger partial charge in [-0.05, 0) is 13.8 Å². The van der Waals surface area contributed by atoms with Crippen molar-refractivity contribution in [1.82, 2.24) is 5.01 Å². The number of hydrazone groups is 1. The van der Waals surface area contributed by atoms with E-state index in [-0.39, 0.29) is 0 Å². The average molecular weight is 170 g/mol. The number of ether oxygens (including phenoxy) is 1. The summed E-state index contributed by atoms with van der Waals surface area (Å²) in [5.41, 5.74) is 1.28. The van der Waals surface area contributed by atoms with Crippen LogP contribution in [0, 0.1) is 0 Å². The summed E-state index contributed by atoms with van der Waals surface area (Å²) in [6.45, 7) is 6.00. The highest BCUT2D eigenvalue weighted by atomic mass is 16.5. The maximum atomic E-state index is 5.42. The zero-order valence-corrected chi connectivity index (χ0v) is 8.21. The molecule has 0 amide bonds. The fourth-order valence-electron chi connectivity index (χ4n) is 1.27. The van der Waals surface area contributed by atoms with Gasteiger partial charge in [0, 0.05) is 32.1 Å². The molecule has 1 unspecified atom stereocenters. The highest BCUT2D eigenvalue weighted by molar-refractivity contribution is 5.85. The molecule has 0 aliphatic carbocycles. The molecule has 0 saturated carbocycles. The quantitative estimate of drug-likeness (QED) is 0.587. The average Bonchev–Trinajstić information content (AvgIpc) is 2.04. The van der Waals surface area contributed by atoms with E-state index in [1.165, 1.54) is 5.71 Å². The van der Waals surface area contributed by atoms with Crippen LogP contribution >= 0.6 is 0 Å². The van der Waals surface area contributed by atoms with Crippen molar-refractivity contribution in [2.75, 3.05) is 20.2 Å². The molecule has 0 radical (unpaired) electrons. The van der Waals surface area contributed by atoms with Gasteiger partial charge in [0.05, 0.1) is 12.7 Å². The lowest BCUT2D eigenvalue weighted by Gasteiger charge is -2.22. The van der Waals surface area contributed by atoms with Crippen molar-refractivity contribution < 1.29 is 4.74 Å². The molecular weight excluding hydrogens is 152 g/mol. The van der Waals surface area contributed by atoms with Gasteiger partial charge in [-0.25, -0.2) is 0 Å². The lowest BCUT2D eigenvalue weighted by molar-refractivity contribution is 0.0625. The minimum Gasteiger partial charge on any atom is -0.378 e. The summed E-state index contributed by atoms with van der Waals surface area (Å²) in [7, 11) is 2.01. The summed E-state index contributed by atoms with van der Waals surface area (Å²) in [4.78, 5) is 0. The first kappa shape index (κ1) is 9.52. The predicted molar refractivity (Wildman–Crippen MR) is 50.4 cm³/mol. The molecule has 70 valence electrons. The summed E-state index contributed by atoms with van der Waals surface area (Å²) in [6.07, 6.45) is 2.33. The van der Waals surface area contributed by atoms with Crippen molar-refractivity contribution in [3.8, 4) is 0 Å². The maximum absolute atomic E-state index is 5.42. The van der Waals surface area contributed by atoms with E-state index in [0.29, 0.717) is 6.10 Å². The van der Waals surface area contributed by atoms with Gasteiger partial charge in [-0.3, -0.25) is 0 Å². The van der Waals surface area contributed by atoms with E-state index in [9.17, 15) is 0 Å². The smallest absolute Gasteiger partial charge is 0.0599 e. The van der Waals surface area contributed by atoms with E-state index in [1.807, 2.05) is 12.1 Å². The lowest BCUT2D eigenvalue weighted by atomic mass is 10.1. The van der Waals surface area contributed by atoms with Gasteiger partial charge < -0.3 is 9.75 Å². The van der Waals surface area contributed by atoms with Gasteiger partial charge in [0.15, 0.2) is 0 Å². The third-order valence-corrected chi connectivity index (χ3v) is 2.09. The van der Waals surface area contributed by atoms with Crippen LogP contribution in [-0.4, -0.2) is 37.0 Å². The van der Waals surface area contributed by atoms with E-state index in [0.717, 1.165) is 26.0 Å². The predicted octanol–water partition coefficient (Wildman–Crippen LogP) is 1.49. The summed E-state index contributed by atoms with van der Waals surface area (Å²) >= 11 is 0. The van der Waals surface area contributed by atoms with Crippen molar-refractivity contribution in [2.24, 2.45) is 5.10 Å². The molecule has 0 aromatic rings. The highest BCUT2D eigenvalue weighted by Crippen LogP contribution is 2.10. The normalized spacial score (nSPS) is 27.6. The number of hydrogen-bond acceptors (Lipinski definition) is 3. The van der Waals surface area contributed by atoms with Crippen LogP contribution in [0.2, 0.25) is 0 Å². The van der Waals surface area contributed by atoms with E-state index >= 15 is 0 Å². The molecule has 3 heteroatoms. The monoisotopic (exact) mass is 170 g/mol. The first-order chi connectivity index (χ1) is 5.72. The van der Waals surface area contributed by atoms with Crippen LogP contribution in [0.1, 0.15) is 26.7 Å². The fraction of sp³-hybridized carbons (Fsp3) is 0.889. The Bertz CT molecular complexity index is 168. The van der Waals surface area contributed by atoms with Crippen LogP contribution in [0.4, 0.5) is 0 Å². The van der Waals surface area contributed by atoms with Crippen LogP contribution < -0.4 is 0 Å². The van der Waals surface area contributed by atoms with Crippen LogP contribution in [0.15, 0.2) is 5.10 Å². The summed E-state index contributed by atoms with van der Waals surface area (Å²) in [5.74, 6) is 0. The summed E-state index contributed by atoms with van der Waals surface area (Å²) in [5, 5.41) is 6.45. The molecule has 0 bridgehead atoms. The zero-order chi connectivity index (χ0) is 8.97.